The van der Waals surface area contributed by atoms with Crippen molar-refractivity contribution < 1.29 is 0 Å². The normalized spacial score (nSPS) is 11.3. The number of pyridine rings is 1. The Labute approximate surface area is 208 Å². The second-order valence-electron chi connectivity index (χ2n) is 8.72. The van der Waals surface area contributed by atoms with Crippen molar-refractivity contribution >= 4 is 0 Å². The number of tetrazole rings is 1. The van der Waals surface area contributed by atoms with E-state index in [1.807, 2.05) is 64.1 Å². The van der Waals surface area contributed by atoms with Crippen LogP contribution in [0.3, 0.4) is 0 Å². The fourth-order valence-electron chi connectivity index (χ4n) is 4.38. The van der Waals surface area contributed by atoms with Crippen LogP contribution in [0.15, 0.2) is 65.8 Å². The highest BCUT2D eigenvalue weighted by Gasteiger charge is 2.16. The summed E-state index contributed by atoms with van der Waals surface area (Å²) >= 11 is 0. The zero-order valence-corrected chi connectivity index (χ0v) is 20.5. The van der Waals surface area contributed by atoms with E-state index in [4.69, 9.17) is 4.98 Å². The highest BCUT2D eigenvalue weighted by Crippen LogP contribution is 2.28. The number of hydrogen-bond acceptors (Lipinski definition) is 6. The van der Waals surface area contributed by atoms with Crippen molar-refractivity contribution in [2.45, 2.75) is 52.6 Å². The standard InChI is InChI=1S/C26H29N9O/c1-3-5-8-20-18-34(24-13-14-28-35(24)15-4-2)26(36)33(20)17-19-11-12-23(27-16-19)21-9-6-7-10-22(21)25-29-31-32-30-25/h6-7,9-14,16,18H,3-5,8,15,17H2,1-2H3,(H,29,30,31,32). The molecule has 0 aliphatic rings. The summed E-state index contributed by atoms with van der Waals surface area (Å²) in [5, 5.41) is 18.6. The van der Waals surface area contributed by atoms with Crippen molar-refractivity contribution in [3.8, 4) is 28.5 Å². The fourth-order valence-corrected chi connectivity index (χ4v) is 4.38. The Bertz CT molecular complexity index is 1480. The Morgan fingerprint density at radius 1 is 1.00 bits per heavy atom. The molecule has 1 aromatic carbocycles. The zero-order chi connectivity index (χ0) is 24.9. The first-order valence-electron chi connectivity index (χ1n) is 12.3. The average molecular weight is 484 g/mol. The molecule has 0 radical (unpaired) electrons. The van der Waals surface area contributed by atoms with Crippen LogP contribution in [0.1, 0.15) is 44.4 Å². The topological polar surface area (TPSA) is 112 Å². The van der Waals surface area contributed by atoms with E-state index in [0.717, 1.165) is 66.1 Å². The number of unbranched alkanes of at least 4 members (excludes halogenated alkanes) is 1. The van der Waals surface area contributed by atoms with Gasteiger partial charge in [0, 0.05) is 41.8 Å². The molecule has 0 spiro atoms. The maximum atomic E-state index is 13.5. The van der Waals surface area contributed by atoms with Gasteiger partial charge in [0.25, 0.3) is 0 Å². The Kier molecular flexibility index (Phi) is 6.83. The molecule has 0 fully saturated rings. The Morgan fingerprint density at radius 2 is 1.86 bits per heavy atom. The zero-order valence-electron chi connectivity index (χ0n) is 20.5. The number of rotatable bonds is 10. The lowest BCUT2D eigenvalue weighted by molar-refractivity contribution is 0.581. The van der Waals surface area contributed by atoms with Gasteiger partial charge >= 0.3 is 5.69 Å². The summed E-state index contributed by atoms with van der Waals surface area (Å²) in [6, 6.07) is 13.7. The molecule has 4 heterocycles. The first kappa shape index (κ1) is 23.4. The molecular weight excluding hydrogens is 454 g/mol. The van der Waals surface area contributed by atoms with Gasteiger partial charge in [0.2, 0.25) is 0 Å². The van der Waals surface area contributed by atoms with E-state index in [-0.39, 0.29) is 5.69 Å². The number of imidazole rings is 1. The van der Waals surface area contributed by atoms with E-state index < -0.39 is 0 Å². The Hall–Kier alpha value is -4.34. The number of aryl methyl sites for hydroxylation is 2. The van der Waals surface area contributed by atoms with E-state index in [1.54, 1.807) is 10.8 Å². The van der Waals surface area contributed by atoms with Gasteiger partial charge in [0.1, 0.15) is 5.82 Å². The molecule has 10 heteroatoms. The van der Waals surface area contributed by atoms with E-state index in [9.17, 15) is 4.79 Å². The lowest BCUT2D eigenvalue weighted by Gasteiger charge is -2.09. The monoisotopic (exact) mass is 483 g/mol. The Morgan fingerprint density at radius 3 is 2.58 bits per heavy atom. The summed E-state index contributed by atoms with van der Waals surface area (Å²) in [5.41, 5.74) is 4.52. The number of aromatic nitrogens is 9. The maximum absolute atomic E-state index is 13.5. The summed E-state index contributed by atoms with van der Waals surface area (Å²) in [4.78, 5) is 18.2. The van der Waals surface area contributed by atoms with Gasteiger partial charge < -0.3 is 0 Å². The number of hydrogen-bond donors (Lipinski definition) is 1. The second kappa shape index (κ2) is 10.5. The average Bonchev–Trinajstić information content (AvgIpc) is 3.66. The SMILES string of the molecule is CCCCc1cn(-c2ccnn2CCC)c(=O)n1Cc1ccc(-c2ccccc2-c2nnn[nH]2)nc1. The van der Waals surface area contributed by atoms with Crippen LogP contribution < -0.4 is 5.69 Å². The van der Waals surface area contributed by atoms with Crippen molar-refractivity contribution in [3.63, 3.8) is 0 Å². The van der Waals surface area contributed by atoms with Crippen LogP contribution in [-0.4, -0.2) is 44.5 Å². The lowest BCUT2D eigenvalue weighted by atomic mass is 10.0. The van der Waals surface area contributed by atoms with Gasteiger partial charge in [-0.2, -0.15) is 5.10 Å². The maximum Gasteiger partial charge on any atom is 0.334 e. The molecule has 0 bridgehead atoms. The molecule has 184 valence electrons. The summed E-state index contributed by atoms with van der Waals surface area (Å²) in [6.07, 6.45) is 9.40. The van der Waals surface area contributed by atoms with Crippen LogP contribution in [0.25, 0.3) is 28.5 Å². The molecule has 0 saturated carbocycles. The second-order valence-corrected chi connectivity index (χ2v) is 8.72. The van der Waals surface area contributed by atoms with Crippen molar-refractivity contribution in [2.24, 2.45) is 0 Å². The third-order valence-corrected chi connectivity index (χ3v) is 6.19. The van der Waals surface area contributed by atoms with Crippen LogP contribution in [0.2, 0.25) is 0 Å². The third kappa shape index (κ3) is 4.61. The van der Waals surface area contributed by atoms with Gasteiger partial charge in [-0.25, -0.2) is 14.6 Å². The molecule has 4 aromatic heterocycles. The van der Waals surface area contributed by atoms with E-state index in [2.05, 4.69) is 39.6 Å². The van der Waals surface area contributed by atoms with Crippen molar-refractivity contribution in [2.75, 3.05) is 0 Å². The van der Waals surface area contributed by atoms with Crippen molar-refractivity contribution in [1.82, 2.24) is 44.5 Å². The van der Waals surface area contributed by atoms with Gasteiger partial charge in [0.15, 0.2) is 5.82 Å². The van der Waals surface area contributed by atoms with Gasteiger partial charge in [-0.15, -0.1) is 5.10 Å². The quantitative estimate of drug-likeness (QED) is 0.323. The number of H-pyrrole nitrogens is 1. The number of benzene rings is 1. The van der Waals surface area contributed by atoms with Gasteiger partial charge in [-0.3, -0.25) is 14.1 Å². The minimum absolute atomic E-state index is 0.0637. The fraction of sp³-hybridized carbons (Fsp3) is 0.308. The molecule has 10 nitrogen and oxygen atoms in total. The van der Waals surface area contributed by atoms with Crippen LogP contribution in [-0.2, 0) is 19.5 Å². The smallest absolute Gasteiger partial charge is 0.292 e. The molecule has 0 atom stereocenters. The van der Waals surface area contributed by atoms with Crippen molar-refractivity contribution in [3.05, 3.63) is 82.8 Å². The summed E-state index contributed by atoms with van der Waals surface area (Å²) < 4.78 is 5.45. The van der Waals surface area contributed by atoms with Crippen LogP contribution in [0, 0.1) is 0 Å². The van der Waals surface area contributed by atoms with Gasteiger partial charge in [0.05, 0.1) is 18.4 Å². The Balaban J connectivity index is 1.46. The summed E-state index contributed by atoms with van der Waals surface area (Å²) in [7, 11) is 0. The van der Waals surface area contributed by atoms with E-state index in [1.165, 1.54) is 0 Å². The molecule has 5 aromatic rings. The molecular formula is C26H29N9O. The molecule has 36 heavy (non-hydrogen) atoms. The highest BCUT2D eigenvalue weighted by molar-refractivity contribution is 5.78. The third-order valence-electron chi connectivity index (χ3n) is 6.19. The number of aromatic amines is 1. The minimum atomic E-state index is -0.0637. The number of nitrogens with one attached hydrogen (secondary N) is 1. The molecule has 0 aliphatic heterocycles. The first-order chi connectivity index (χ1) is 17.7. The molecule has 1 N–H and O–H groups in total. The first-order valence-corrected chi connectivity index (χ1v) is 12.3. The van der Waals surface area contributed by atoms with Crippen molar-refractivity contribution in [1.29, 1.82) is 0 Å². The lowest BCUT2D eigenvalue weighted by Crippen LogP contribution is -2.26. The molecule has 5 rings (SSSR count). The largest absolute Gasteiger partial charge is 0.334 e. The molecule has 0 amide bonds. The van der Waals surface area contributed by atoms with Crippen LogP contribution in [0.5, 0.6) is 0 Å². The van der Waals surface area contributed by atoms with E-state index in [0.29, 0.717) is 12.4 Å². The van der Waals surface area contributed by atoms with Gasteiger partial charge in [-0.05, 0) is 41.3 Å². The predicted molar refractivity (Wildman–Crippen MR) is 137 cm³/mol. The summed E-state index contributed by atoms with van der Waals surface area (Å²) in [5.74, 6) is 1.39. The summed E-state index contributed by atoms with van der Waals surface area (Å²) in [6.45, 7) is 5.48. The van der Waals surface area contributed by atoms with Crippen LogP contribution >= 0.6 is 0 Å². The molecule has 0 saturated heterocycles. The van der Waals surface area contributed by atoms with E-state index >= 15 is 0 Å². The molecule has 0 aliphatic carbocycles. The van der Waals surface area contributed by atoms with Crippen LogP contribution in [0.4, 0.5) is 0 Å². The number of nitrogens with zero attached hydrogens (tertiary/aromatic N) is 8. The molecule has 0 unspecified atom stereocenters. The highest BCUT2D eigenvalue weighted by atomic mass is 16.1. The van der Waals surface area contributed by atoms with Gasteiger partial charge in [-0.1, -0.05) is 50.6 Å². The predicted octanol–water partition coefficient (Wildman–Crippen LogP) is 3.88. The minimum Gasteiger partial charge on any atom is -0.292 e.